The number of pyridine rings is 2. The van der Waals surface area contributed by atoms with Crippen LogP contribution in [0.25, 0.3) is 27.7 Å². The smallest absolute Gasteiger partial charge is 0.128 e. The van der Waals surface area contributed by atoms with Crippen LogP contribution in [0.15, 0.2) is 61.2 Å². The summed E-state index contributed by atoms with van der Waals surface area (Å²) in [6.07, 6.45) is 13.0. The van der Waals surface area contributed by atoms with Crippen LogP contribution in [0.5, 0.6) is 0 Å². The van der Waals surface area contributed by atoms with Gasteiger partial charge in [0.25, 0.3) is 0 Å². The molecule has 2 aliphatic rings. The molecule has 0 unspecified atom stereocenters. The Kier molecular flexibility index (Phi) is 5.07. The number of hydrogen-bond acceptors (Lipinski definition) is 5. The minimum atomic E-state index is 0.988. The van der Waals surface area contributed by atoms with Gasteiger partial charge in [-0.3, -0.25) is 9.88 Å². The summed E-state index contributed by atoms with van der Waals surface area (Å²) in [7, 11) is 0. The quantitative estimate of drug-likeness (QED) is 0.466. The molecule has 6 heteroatoms. The van der Waals surface area contributed by atoms with Gasteiger partial charge in [-0.25, -0.2) is 9.67 Å². The molecule has 162 valence electrons. The first-order valence-electron chi connectivity index (χ1n) is 11.7. The topological polar surface area (TPSA) is 50.1 Å². The number of nitrogens with zero attached hydrogens (tertiary/aromatic N) is 6. The van der Waals surface area contributed by atoms with Crippen molar-refractivity contribution in [1.29, 1.82) is 0 Å². The Morgan fingerprint density at radius 2 is 1.59 bits per heavy atom. The van der Waals surface area contributed by atoms with Gasteiger partial charge in [0.2, 0.25) is 0 Å². The van der Waals surface area contributed by atoms with E-state index in [0.717, 1.165) is 47.6 Å². The van der Waals surface area contributed by atoms with E-state index in [2.05, 4.69) is 56.3 Å². The lowest BCUT2D eigenvalue weighted by atomic mass is 10.0. The molecule has 0 aliphatic carbocycles. The van der Waals surface area contributed by atoms with Gasteiger partial charge in [-0.1, -0.05) is 6.07 Å². The minimum Gasteiger partial charge on any atom is -0.357 e. The maximum Gasteiger partial charge on any atom is 0.128 e. The number of fused-ring (bicyclic) bond motifs is 1. The predicted molar refractivity (Wildman–Crippen MR) is 128 cm³/mol. The molecule has 0 amide bonds. The van der Waals surface area contributed by atoms with Crippen LogP contribution in [-0.2, 0) is 6.54 Å². The highest BCUT2D eigenvalue weighted by molar-refractivity contribution is 5.85. The summed E-state index contributed by atoms with van der Waals surface area (Å²) in [6, 6.07) is 13.0. The van der Waals surface area contributed by atoms with Crippen molar-refractivity contribution in [1.82, 2.24) is 24.6 Å². The van der Waals surface area contributed by atoms with E-state index in [1.54, 1.807) is 0 Å². The first kappa shape index (κ1) is 19.4. The van der Waals surface area contributed by atoms with E-state index in [-0.39, 0.29) is 0 Å². The lowest BCUT2D eigenvalue weighted by Gasteiger charge is -2.16. The second kappa shape index (κ2) is 8.36. The van der Waals surface area contributed by atoms with Crippen LogP contribution >= 0.6 is 0 Å². The summed E-state index contributed by atoms with van der Waals surface area (Å²) in [5.74, 6) is 1.06. The molecule has 2 saturated heterocycles. The van der Waals surface area contributed by atoms with Crippen molar-refractivity contribution in [2.45, 2.75) is 32.2 Å². The summed E-state index contributed by atoms with van der Waals surface area (Å²) in [5, 5.41) is 5.78. The largest absolute Gasteiger partial charge is 0.357 e. The first-order valence-corrected chi connectivity index (χ1v) is 11.7. The number of benzene rings is 1. The molecular formula is C26H28N6. The van der Waals surface area contributed by atoms with Crippen molar-refractivity contribution in [3.8, 4) is 16.8 Å². The molecule has 1 aromatic carbocycles. The predicted octanol–water partition coefficient (Wildman–Crippen LogP) is 4.68. The minimum absolute atomic E-state index is 0.988. The maximum atomic E-state index is 4.69. The van der Waals surface area contributed by atoms with E-state index in [1.807, 2.05) is 29.5 Å². The molecule has 5 heterocycles. The van der Waals surface area contributed by atoms with E-state index in [4.69, 9.17) is 4.98 Å². The summed E-state index contributed by atoms with van der Waals surface area (Å²) in [4.78, 5) is 14.1. The van der Waals surface area contributed by atoms with Crippen LogP contribution in [0.1, 0.15) is 31.2 Å². The Labute approximate surface area is 188 Å². The van der Waals surface area contributed by atoms with Crippen molar-refractivity contribution >= 4 is 16.7 Å². The first-order chi connectivity index (χ1) is 15.8. The Morgan fingerprint density at radius 3 is 2.41 bits per heavy atom. The third kappa shape index (κ3) is 3.75. The van der Waals surface area contributed by atoms with Crippen LogP contribution in [-0.4, -0.2) is 50.8 Å². The standard InChI is InChI=1S/C26H28N6/c1-2-10-30(9-1)19-20-13-22(16-27-15-20)21-5-7-25-23(14-21)17-29-32(25)24-6-8-26(28-18-24)31-11-3-4-12-31/h5-8,13-18H,1-4,9-12,19H2. The van der Waals surface area contributed by atoms with Gasteiger partial charge in [0.1, 0.15) is 5.82 Å². The van der Waals surface area contributed by atoms with Crippen LogP contribution in [0, 0.1) is 0 Å². The average molecular weight is 425 g/mol. The summed E-state index contributed by atoms with van der Waals surface area (Å²) in [5.41, 5.74) is 5.70. The van der Waals surface area contributed by atoms with Crippen LogP contribution in [0.4, 0.5) is 5.82 Å². The van der Waals surface area contributed by atoms with Crippen LogP contribution in [0.2, 0.25) is 0 Å². The second-order valence-electron chi connectivity index (χ2n) is 8.96. The van der Waals surface area contributed by atoms with E-state index in [9.17, 15) is 0 Å². The van der Waals surface area contributed by atoms with Crippen LogP contribution in [0.3, 0.4) is 0 Å². The Hall–Kier alpha value is -3.25. The molecule has 0 saturated carbocycles. The van der Waals surface area contributed by atoms with E-state index in [0.29, 0.717) is 0 Å². The Bertz CT molecular complexity index is 1220. The summed E-state index contributed by atoms with van der Waals surface area (Å²) < 4.78 is 1.97. The van der Waals surface area contributed by atoms with Gasteiger partial charge in [0, 0.05) is 43.0 Å². The molecule has 0 spiro atoms. The third-order valence-electron chi connectivity index (χ3n) is 6.71. The second-order valence-corrected chi connectivity index (χ2v) is 8.96. The van der Waals surface area contributed by atoms with Crippen molar-refractivity contribution in [2.24, 2.45) is 0 Å². The molecule has 2 fully saturated rings. The molecule has 0 atom stereocenters. The molecule has 0 bridgehead atoms. The van der Waals surface area contributed by atoms with Crippen LogP contribution < -0.4 is 4.90 Å². The number of anilines is 1. The van der Waals surface area contributed by atoms with Crippen molar-refractivity contribution in [2.75, 3.05) is 31.1 Å². The zero-order valence-electron chi connectivity index (χ0n) is 18.3. The van der Waals surface area contributed by atoms with E-state index < -0.39 is 0 Å². The molecule has 0 radical (unpaired) electrons. The van der Waals surface area contributed by atoms with Crippen molar-refractivity contribution in [3.05, 3.63) is 66.7 Å². The highest BCUT2D eigenvalue weighted by Crippen LogP contribution is 2.27. The Balaban J connectivity index is 1.26. The van der Waals surface area contributed by atoms with Gasteiger partial charge in [-0.05, 0) is 80.2 Å². The monoisotopic (exact) mass is 424 g/mol. The maximum absolute atomic E-state index is 4.69. The Morgan fingerprint density at radius 1 is 0.750 bits per heavy atom. The molecule has 2 aliphatic heterocycles. The van der Waals surface area contributed by atoms with E-state index >= 15 is 0 Å². The number of hydrogen-bond donors (Lipinski definition) is 0. The molecule has 3 aromatic heterocycles. The SMILES string of the molecule is c1ncc(-c2ccc3c(cnn3-c3ccc(N4CCCC4)nc3)c2)cc1CN1CCCC1. The molecule has 32 heavy (non-hydrogen) atoms. The van der Waals surface area contributed by atoms with Gasteiger partial charge >= 0.3 is 0 Å². The highest BCUT2D eigenvalue weighted by atomic mass is 15.3. The normalized spacial score (nSPS) is 16.9. The fourth-order valence-corrected chi connectivity index (χ4v) is 4.99. The zero-order chi connectivity index (χ0) is 21.3. The fraction of sp³-hybridized carbons (Fsp3) is 0.346. The molecular weight excluding hydrogens is 396 g/mol. The van der Waals surface area contributed by atoms with Gasteiger partial charge in [-0.15, -0.1) is 0 Å². The van der Waals surface area contributed by atoms with Gasteiger partial charge in [-0.2, -0.15) is 5.10 Å². The highest BCUT2D eigenvalue weighted by Gasteiger charge is 2.15. The zero-order valence-corrected chi connectivity index (χ0v) is 18.3. The van der Waals surface area contributed by atoms with E-state index in [1.165, 1.54) is 49.9 Å². The lowest BCUT2D eigenvalue weighted by Crippen LogP contribution is -2.18. The molecule has 6 rings (SSSR count). The summed E-state index contributed by atoms with van der Waals surface area (Å²) in [6.45, 7) is 5.59. The number of likely N-dealkylation sites (tertiary alicyclic amines) is 1. The van der Waals surface area contributed by atoms with Gasteiger partial charge < -0.3 is 4.90 Å². The average Bonchev–Trinajstić information content (AvgIpc) is 3.61. The lowest BCUT2D eigenvalue weighted by molar-refractivity contribution is 0.331. The number of aromatic nitrogens is 4. The summed E-state index contributed by atoms with van der Waals surface area (Å²) >= 11 is 0. The van der Waals surface area contributed by atoms with Crippen molar-refractivity contribution < 1.29 is 0 Å². The number of rotatable bonds is 5. The fourth-order valence-electron chi connectivity index (χ4n) is 4.99. The molecule has 0 N–H and O–H groups in total. The van der Waals surface area contributed by atoms with Crippen molar-refractivity contribution in [3.63, 3.8) is 0 Å². The molecule has 4 aromatic rings. The third-order valence-corrected chi connectivity index (χ3v) is 6.71. The van der Waals surface area contributed by atoms with Gasteiger partial charge in [0.05, 0.1) is 23.6 Å². The molecule has 6 nitrogen and oxygen atoms in total. The van der Waals surface area contributed by atoms with Gasteiger partial charge in [0.15, 0.2) is 0 Å².